The molecule has 0 saturated carbocycles. The molecule has 2 heteroatoms. The Morgan fingerprint density at radius 1 is 1.10 bits per heavy atom. The number of ether oxygens (including phenoxy) is 1. The van der Waals surface area contributed by atoms with Crippen molar-refractivity contribution < 1.29 is 9.53 Å². The summed E-state index contributed by atoms with van der Waals surface area (Å²) in [6, 6.07) is 16.3. The van der Waals surface area contributed by atoms with E-state index in [0.29, 0.717) is 13.0 Å². The Morgan fingerprint density at radius 2 is 1.81 bits per heavy atom. The van der Waals surface area contributed by atoms with Gasteiger partial charge in [-0.15, -0.1) is 0 Å². The van der Waals surface area contributed by atoms with Crippen molar-refractivity contribution in [2.75, 3.05) is 6.61 Å². The van der Waals surface area contributed by atoms with Crippen LogP contribution in [0.4, 0.5) is 0 Å². The summed E-state index contributed by atoms with van der Waals surface area (Å²) >= 11 is 0. The highest BCUT2D eigenvalue weighted by Gasteiger charge is 2.25. The van der Waals surface area contributed by atoms with E-state index >= 15 is 0 Å². The van der Waals surface area contributed by atoms with Crippen molar-refractivity contribution in [3.8, 4) is 5.75 Å². The van der Waals surface area contributed by atoms with E-state index in [-0.39, 0.29) is 11.7 Å². The van der Waals surface area contributed by atoms with Gasteiger partial charge in [-0.1, -0.05) is 49.4 Å². The fourth-order valence-corrected chi connectivity index (χ4v) is 2.77. The van der Waals surface area contributed by atoms with Gasteiger partial charge >= 0.3 is 0 Å². The van der Waals surface area contributed by atoms with Crippen LogP contribution in [0.3, 0.4) is 0 Å². The second-order valence-electron chi connectivity index (χ2n) is 5.63. The van der Waals surface area contributed by atoms with E-state index in [2.05, 4.69) is 31.2 Å². The summed E-state index contributed by atoms with van der Waals surface area (Å²) in [5, 5.41) is 0. The lowest BCUT2D eigenvalue weighted by Crippen LogP contribution is -2.29. The molecule has 2 nitrogen and oxygen atoms in total. The van der Waals surface area contributed by atoms with E-state index in [9.17, 15) is 4.79 Å². The summed E-state index contributed by atoms with van der Waals surface area (Å²) in [5.41, 5.74) is 3.54. The van der Waals surface area contributed by atoms with Gasteiger partial charge in [0.05, 0.1) is 12.5 Å². The molecule has 0 radical (unpaired) electrons. The Hall–Kier alpha value is -2.09. The van der Waals surface area contributed by atoms with E-state index in [0.717, 1.165) is 29.7 Å². The lowest BCUT2D eigenvalue weighted by Gasteiger charge is -2.24. The topological polar surface area (TPSA) is 26.3 Å². The third-order valence-corrected chi connectivity index (χ3v) is 4.14. The predicted octanol–water partition coefficient (Wildman–Crippen LogP) is 3.61. The maximum absolute atomic E-state index is 12.5. The molecule has 0 aromatic heterocycles. The number of ketones is 1. The van der Waals surface area contributed by atoms with Gasteiger partial charge in [0.2, 0.25) is 0 Å². The molecule has 1 unspecified atom stereocenters. The molecule has 1 aliphatic rings. The zero-order chi connectivity index (χ0) is 14.7. The molecule has 1 atom stereocenters. The molecule has 0 spiro atoms. The Morgan fingerprint density at radius 3 is 2.57 bits per heavy atom. The largest absolute Gasteiger partial charge is 0.493 e. The van der Waals surface area contributed by atoms with Crippen molar-refractivity contribution in [1.29, 1.82) is 0 Å². The van der Waals surface area contributed by atoms with E-state index in [1.807, 2.05) is 24.3 Å². The molecule has 0 saturated heterocycles. The minimum atomic E-state index is -0.0225. The molecule has 0 aliphatic carbocycles. The number of carbonyl (C=O) groups excluding carboxylic acids is 1. The van der Waals surface area contributed by atoms with Crippen LogP contribution >= 0.6 is 0 Å². The minimum absolute atomic E-state index is 0.0225. The smallest absolute Gasteiger partial charge is 0.144 e. The third-order valence-electron chi connectivity index (χ3n) is 4.14. The average Bonchev–Trinajstić information content (AvgIpc) is 2.55. The van der Waals surface area contributed by atoms with Gasteiger partial charge in [-0.25, -0.2) is 0 Å². The molecule has 2 aromatic carbocycles. The number of benzene rings is 2. The van der Waals surface area contributed by atoms with Crippen LogP contribution in [0.5, 0.6) is 5.75 Å². The van der Waals surface area contributed by atoms with Crippen LogP contribution in [-0.4, -0.2) is 12.4 Å². The highest BCUT2D eigenvalue weighted by atomic mass is 16.5. The number of fused-ring (bicyclic) bond motifs is 1. The lowest BCUT2D eigenvalue weighted by molar-refractivity contribution is -0.123. The molecule has 21 heavy (non-hydrogen) atoms. The number of hydrogen-bond donors (Lipinski definition) is 0. The van der Waals surface area contributed by atoms with E-state index < -0.39 is 0 Å². The molecule has 2 aromatic rings. The van der Waals surface area contributed by atoms with Gasteiger partial charge < -0.3 is 4.74 Å². The van der Waals surface area contributed by atoms with Gasteiger partial charge in [-0.3, -0.25) is 4.79 Å². The van der Waals surface area contributed by atoms with Crippen molar-refractivity contribution in [3.63, 3.8) is 0 Å². The first-order valence-electron chi connectivity index (χ1n) is 7.57. The summed E-state index contributed by atoms with van der Waals surface area (Å²) in [4.78, 5) is 12.5. The standard InChI is InChI=1S/C19H20O2/c1-2-14-7-9-15(10-8-14)11-18(20)17-12-16-5-3-4-6-19(16)21-13-17/h3-10,17H,2,11-13H2,1H3. The van der Waals surface area contributed by atoms with Crippen molar-refractivity contribution in [3.05, 3.63) is 65.2 Å². The van der Waals surface area contributed by atoms with Crippen LogP contribution < -0.4 is 4.74 Å². The normalized spacial score (nSPS) is 16.9. The fourth-order valence-electron chi connectivity index (χ4n) is 2.77. The van der Waals surface area contributed by atoms with Gasteiger partial charge in [-0.05, 0) is 35.6 Å². The summed E-state index contributed by atoms with van der Waals surface area (Å²) in [5.74, 6) is 1.17. The van der Waals surface area contributed by atoms with Crippen molar-refractivity contribution in [1.82, 2.24) is 0 Å². The Bertz CT molecular complexity index is 628. The molecule has 0 fully saturated rings. The Balaban J connectivity index is 1.66. The second-order valence-corrected chi connectivity index (χ2v) is 5.63. The van der Waals surface area contributed by atoms with Gasteiger partial charge in [0.1, 0.15) is 11.5 Å². The van der Waals surface area contributed by atoms with E-state index in [4.69, 9.17) is 4.74 Å². The van der Waals surface area contributed by atoms with E-state index in [1.165, 1.54) is 5.56 Å². The molecular formula is C19H20O2. The summed E-state index contributed by atoms with van der Waals surface area (Å²) < 4.78 is 5.71. The molecule has 3 rings (SSSR count). The predicted molar refractivity (Wildman–Crippen MR) is 83.7 cm³/mol. The van der Waals surface area contributed by atoms with Crippen LogP contribution in [0.1, 0.15) is 23.6 Å². The number of carbonyl (C=O) groups is 1. The maximum Gasteiger partial charge on any atom is 0.144 e. The maximum atomic E-state index is 12.5. The Labute approximate surface area is 125 Å². The highest BCUT2D eigenvalue weighted by molar-refractivity contribution is 5.84. The first-order valence-corrected chi connectivity index (χ1v) is 7.57. The van der Waals surface area contributed by atoms with E-state index in [1.54, 1.807) is 0 Å². The number of rotatable bonds is 4. The zero-order valence-electron chi connectivity index (χ0n) is 12.3. The molecule has 108 valence electrons. The monoisotopic (exact) mass is 280 g/mol. The first-order chi connectivity index (χ1) is 10.3. The van der Waals surface area contributed by atoms with Crippen LogP contribution in [0, 0.1) is 5.92 Å². The minimum Gasteiger partial charge on any atom is -0.493 e. The van der Waals surface area contributed by atoms with Crippen molar-refractivity contribution >= 4 is 5.78 Å². The highest BCUT2D eigenvalue weighted by Crippen LogP contribution is 2.27. The third kappa shape index (κ3) is 3.15. The number of para-hydroxylation sites is 1. The zero-order valence-corrected chi connectivity index (χ0v) is 12.3. The molecule has 1 heterocycles. The van der Waals surface area contributed by atoms with Crippen molar-refractivity contribution in [2.45, 2.75) is 26.2 Å². The number of Topliss-reactive ketones (excluding diaryl/α,β-unsaturated/α-hetero) is 1. The quantitative estimate of drug-likeness (QED) is 0.855. The lowest BCUT2D eigenvalue weighted by atomic mass is 9.90. The average molecular weight is 280 g/mol. The SMILES string of the molecule is CCc1ccc(CC(=O)C2COc3ccccc3C2)cc1. The van der Waals surface area contributed by atoms with Gasteiger partial charge in [0.25, 0.3) is 0 Å². The van der Waals surface area contributed by atoms with Crippen LogP contribution in [0.2, 0.25) is 0 Å². The molecule has 0 bridgehead atoms. The fraction of sp³-hybridized carbons (Fsp3) is 0.316. The van der Waals surface area contributed by atoms with Crippen molar-refractivity contribution in [2.24, 2.45) is 5.92 Å². The summed E-state index contributed by atoms with van der Waals surface area (Å²) in [7, 11) is 0. The van der Waals surface area contributed by atoms with Gasteiger partial charge in [0, 0.05) is 6.42 Å². The number of aryl methyl sites for hydroxylation is 1. The van der Waals surface area contributed by atoms with Crippen LogP contribution in [-0.2, 0) is 24.1 Å². The van der Waals surface area contributed by atoms with Crippen LogP contribution in [0.15, 0.2) is 48.5 Å². The first kappa shape index (κ1) is 13.9. The second kappa shape index (κ2) is 6.13. The molecule has 1 aliphatic heterocycles. The molecular weight excluding hydrogens is 260 g/mol. The van der Waals surface area contributed by atoms with Gasteiger partial charge in [-0.2, -0.15) is 0 Å². The summed E-state index contributed by atoms with van der Waals surface area (Å²) in [6.45, 7) is 2.64. The number of hydrogen-bond acceptors (Lipinski definition) is 2. The molecule has 0 N–H and O–H groups in total. The van der Waals surface area contributed by atoms with Crippen LogP contribution in [0.25, 0.3) is 0 Å². The molecule has 0 amide bonds. The van der Waals surface area contributed by atoms with Gasteiger partial charge in [0.15, 0.2) is 0 Å². The summed E-state index contributed by atoms with van der Waals surface area (Å²) in [6.07, 6.45) is 2.32. The Kier molecular flexibility index (Phi) is 4.05.